The molecule has 5 heteroatoms. The van der Waals surface area contributed by atoms with Crippen LogP contribution in [0, 0.1) is 11.3 Å². The number of anilines is 2. The molecule has 0 aliphatic carbocycles. The van der Waals surface area contributed by atoms with E-state index in [1.807, 2.05) is 54.6 Å². The number of nitrogens with zero attached hydrogens (tertiary/aromatic N) is 1. The van der Waals surface area contributed by atoms with E-state index in [0.717, 1.165) is 33.3 Å². The van der Waals surface area contributed by atoms with Gasteiger partial charge in [-0.3, -0.25) is 4.79 Å². The Morgan fingerprint density at radius 2 is 1.65 bits per heavy atom. The zero-order valence-electron chi connectivity index (χ0n) is 19.1. The number of esters is 1. The first-order valence-electron chi connectivity index (χ1n) is 11.2. The van der Waals surface area contributed by atoms with Crippen LogP contribution >= 0.6 is 11.6 Å². The third-order valence-electron chi connectivity index (χ3n) is 5.65. The lowest BCUT2D eigenvalue weighted by Gasteiger charge is -2.16. The molecule has 4 nitrogen and oxygen atoms in total. The number of hydrogen-bond acceptors (Lipinski definition) is 4. The number of halogens is 1. The molecule has 0 spiro atoms. The summed E-state index contributed by atoms with van der Waals surface area (Å²) >= 11 is 5.95. The van der Waals surface area contributed by atoms with E-state index < -0.39 is 12.1 Å². The van der Waals surface area contributed by atoms with Gasteiger partial charge in [0.15, 0.2) is 0 Å². The van der Waals surface area contributed by atoms with Crippen molar-refractivity contribution in [2.45, 2.75) is 32.3 Å². The van der Waals surface area contributed by atoms with E-state index in [1.165, 1.54) is 0 Å². The summed E-state index contributed by atoms with van der Waals surface area (Å²) in [4.78, 5) is 12.9. The topological polar surface area (TPSA) is 62.1 Å². The maximum absolute atomic E-state index is 12.9. The predicted molar refractivity (Wildman–Crippen MR) is 137 cm³/mol. The normalized spacial score (nSPS) is 11.7. The molecule has 1 atom stereocenters. The molecule has 1 unspecified atom stereocenters. The highest BCUT2D eigenvalue weighted by molar-refractivity contribution is 6.30. The largest absolute Gasteiger partial charge is 0.442 e. The first-order valence-corrected chi connectivity index (χ1v) is 11.5. The van der Waals surface area contributed by atoms with Crippen molar-refractivity contribution in [1.29, 1.82) is 5.26 Å². The van der Waals surface area contributed by atoms with Gasteiger partial charge in [0.25, 0.3) is 0 Å². The minimum absolute atomic E-state index is 0.110. The van der Waals surface area contributed by atoms with Gasteiger partial charge in [-0.15, -0.1) is 0 Å². The predicted octanol–water partition coefficient (Wildman–Crippen LogP) is 7.71. The van der Waals surface area contributed by atoms with Gasteiger partial charge in [0.2, 0.25) is 6.10 Å². The van der Waals surface area contributed by atoms with E-state index in [-0.39, 0.29) is 12.3 Å². The van der Waals surface area contributed by atoms with Crippen molar-refractivity contribution in [3.63, 3.8) is 0 Å². The summed E-state index contributed by atoms with van der Waals surface area (Å²) in [6.45, 7) is 4.21. The number of benzene rings is 4. The van der Waals surface area contributed by atoms with Crippen LogP contribution in [-0.2, 0) is 16.0 Å². The summed E-state index contributed by atoms with van der Waals surface area (Å²) in [5, 5.41) is 15.9. The monoisotopic (exact) mass is 468 g/mol. The first kappa shape index (κ1) is 23.4. The van der Waals surface area contributed by atoms with Crippen LogP contribution in [0.15, 0.2) is 84.9 Å². The van der Waals surface area contributed by atoms with Gasteiger partial charge >= 0.3 is 5.97 Å². The quantitative estimate of drug-likeness (QED) is 0.282. The molecule has 170 valence electrons. The van der Waals surface area contributed by atoms with Crippen LogP contribution < -0.4 is 5.32 Å². The molecule has 34 heavy (non-hydrogen) atoms. The molecule has 0 aromatic heterocycles. The molecule has 4 rings (SSSR count). The van der Waals surface area contributed by atoms with Gasteiger partial charge in [-0.25, -0.2) is 0 Å². The Bertz CT molecular complexity index is 1360. The Kier molecular flexibility index (Phi) is 7.15. The highest BCUT2D eigenvalue weighted by atomic mass is 35.5. The summed E-state index contributed by atoms with van der Waals surface area (Å²) in [7, 11) is 0. The number of fused-ring (bicyclic) bond motifs is 1. The van der Waals surface area contributed by atoms with Crippen LogP contribution in [-0.4, -0.2) is 5.97 Å². The fourth-order valence-electron chi connectivity index (χ4n) is 3.97. The van der Waals surface area contributed by atoms with Crippen LogP contribution in [0.4, 0.5) is 11.4 Å². The molecule has 4 aromatic carbocycles. The number of rotatable bonds is 7. The molecule has 0 aliphatic rings. The number of hydrogen-bond donors (Lipinski definition) is 1. The van der Waals surface area contributed by atoms with Gasteiger partial charge in [0.1, 0.15) is 6.07 Å². The van der Waals surface area contributed by atoms with Crippen molar-refractivity contribution >= 4 is 39.7 Å². The van der Waals surface area contributed by atoms with Crippen LogP contribution in [0.25, 0.3) is 10.8 Å². The number of nitriles is 1. The van der Waals surface area contributed by atoms with Gasteiger partial charge in [-0.2, -0.15) is 5.26 Å². The molecular formula is C29H25ClN2O2. The lowest BCUT2D eigenvalue weighted by molar-refractivity contribution is -0.146. The van der Waals surface area contributed by atoms with E-state index in [2.05, 4.69) is 37.4 Å². The van der Waals surface area contributed by atoms with Crippen molar-refractivity contribution in [3.8, 4) is 6.07 Å². The van der Waals surface area contributed by atoms with E-state index in [9.17, 15) is 10.1 Å². The number of carbonyl (C=O) groups excluding carboxylic acids is 1. The summed E-state index contributed by atoms with van der Waals surface area (Å²) in [5.74, 6) is -0.172. The summed E-state index contributed by atoms with van der Waals surface area (Å²) in [6.07, 6.45) is -0.887. The highest BCUT2D eigenvalue weighted by Crippen LogP contribution is 2.28. The third-order valence-corrected chi connectivity index (χ3v) is 5.91. The molecular weight excluding hydrogens is 444 g/mol. The van der Waals surface area contributed by atoms with Gasteiger partial charge in [0, 0.05) is 22.0 Å². The number of carbonyl (C=O) groups is 1. The Morgan fingerprint density at radius 3 is 2.32 bits per heavy atom. The average Bonchev–Trinajstić information content (AvgIpc) is 2.83. The van der Waals surface area contributed by atoms with Crippen LogP contribution in [0.1, 0.15) is 42.6 Å². The molecule has 1 N–H and O–H groups in total. The molecule has 0 heterocycles. The molecule has 0 saturated carbocycles. The van der Waals surface area contributed by atoms with Crippen LogP contribution in [0.5, 0.6) is 0 Å². The minimum atomic E-state index is -0.998. The molecule has 0 aliphatic heterocycles. The number of ether oxygens (including phenoxy) is 1. The minimum Gasteiger partial charge on any atom is -0.442 e. The molecule has 0 fully saturated rings. The van der Waals surface area contributed by atoms with Gasteiger partial charge < -0.3 is 10.1 Å². The molecule has 0 amide bonds. The van der Waals surface area contributed by atoms with Gasteiger partial charge in [-0.1, -0.05) is 74.0 Å². The molecule has 0 bridgehead atoms. The lowest BCUT2D eigenvalue weighted by atomic mass is 9.92. The summed E-state index contributed by atoms with van der Waals surface area (Å²) < 4.78 is 5.61. The smallest absolute Gasteiger partial charge is 0.311 e. The maximum atomic E-state index is 12.9. The van der Waals surface area contributed by atoms with Crippen LogP contribution in [0.2, 0.25) is 5.02 Å². The Morgan fingerprint density at radius 1 is 0.941 bits per heavy atom. The standard InChI is InChI=1S/C29H25ClN2O2/c1-19(2)27-16-21-7-4-3-6-20(21)14-23(27)17-29(33)34-28(18-31)22-8-5-9-26(15-22)32-25-12-10-24(30)11-13-25/h3-16,19,28,32H,17H2,1-2H3. The lowest BCUT2D eigenvalue weighted by Crippen LogP contribution is -2.14. The van der Waals surface area contributed by atoms with Crippen molar-refractivity contribution < 1.29 is 9.53 Å². The fraction of sp³-hybridized carbons (Fsp3) is 0.172. The van der Waals surface area contributed by atoms with E-state index in [0.29, 0.717) is 10.6 Å². The second kappa shape index (κ2) is 10.4. The van der Waals surface area contributed by atoms with Crippen molar-refractivity contribution in [2.75, 3.05) is 5.32 Å². The molecule has 0 radical (unpaired) electrons. The first-order chi connectivity index (χ1) is 16.4. The zero-order valence-corrected chi connectivity index (χ0v) is 19.8. The average molecular weight is 469 g/mol. The number of nitrogens with one attached hydrogen (secondary N) is 1. The van der Waals surface area contributed by atoms with E-state index >= 15 is 0 Å². The molecule has 0 saturated heterocycles. The van der Waals surface area contributed by atoms with Crippen LogP contribution in [0.3, 0.4) is 0 Å². The highest BCUT2D eigenvalue weighted by Gasteiger charge is 2.19. The summed E-state index contributed by atoms with van der Waals surface area (Å²) in [5.41, 5.74) is 4.29. The second-order valence-electron chi connectivity index (χ2n) is 8.49. The van der Waals surface area contributed by atoms with Gasteiger partial charge in [-0.05, 0) is 64.2 Å². The molecule has 4 aromatic rings. The van der Waals surface area contributed by atoms with Gasteiger partial charge in [0.05, 0.1) is 6.42 Å². The maximum Gasteiger partial charge on any atom is 0.311 e. The van der Waals surface area contributed by atoms with Crippen molar-refractivity contribution in [3.05, 3.63) is 107 Å². The van der Waals surface area contributed by atoms with Crippen molar-refractivity contribution in [1.82, 2.24) is 0 Å². The Balaban J connectivity index is 1.51. The SMILES string of the molecule is CC(C)c1cc2ccccc2cc1CC(=O)OC(C#N)c1cccc(Nc2ccc(Cl)cc2)c1. The Hall–Kier alpha value is -3.81. The van der Waals surface area contributed by atoms with E-state index in [4.69, 9.17) is 16.3 Å². The second-order valence-corrected chi connectivity index (χ2v) is 8.92. The Labute approximate surface area is 204 Å². The summed E-state index contributed by atoms with van der Waals surface area (Å²) in [6, 6.07) is 29.0. The van der Waals surface area contributed by atoms with Crippen molar-refractivity contribution in [2.24, 2.45) is 0 Å². The zero-order chi connectivity index (χ0) is 24.1. The fourth-order valence-corrected chi connectivity index (χ4v) is 4.10. The third kappa shape index (κ3) is 5.57. The van der Waals surface area contributed by atoms with E-state index in [1.54, 1.807) is 18.2 Å².